The van der Waals surface area contributed by atoms with Crippen molar-refractivity contribution in [1.82, 2.24) is 9.88 Å². The Morgan fingerprint density at radius 3 is 2.47 bits per heavy atom. The molecule has 82 valence electrons. The lowest BCUT2D eigenvalue weighted by Gasteiger charge is -2.26. The number of nitrogens with one attached hydrogen (secondary N) is 1. The highest BCUT2D eigenvalue weighted by atomic mass is 79.9. The zero-order chi connectivity index (χ0) is 10.8. The molecule has 0 radical (unpaired) electrons. The molecule has 1 aromatic rings. The fourth-order valence-corrected chi connectivity index (χ4v) is 2.44. The van der Waals surface area contributed by atoms with E-state index in [9.17, 15) is 4.79 Å². The van der Waals surface area contributed by atoms with E-state index >= 15 is 0 Å². The summed E-state index contributed by atoms with van der Waals surface area (Å²) in [6.07, 6.45) is 3.48. The average Bonchev–Trinajstić information content (AvgIpc) is 2.59. The van der Waals surface area contributed by atoms with E-state index in [2.05, 4.69) is 36.8 Å². The van der Waals surface area contributed by atoms with Crippen molar-refractivity contribution in [2.24, 2.45) is 0 Å². The van der Waals surface area contributed by atoms with E-state index in [-0.39, 0.29) is 5.91 Å². The van der Waals surface area contributed by atoms with Crippen molar-refractivity contribution in [3.05, 3.63) is 20.8 Å². The lowest BCUT2D eigenvalue weighted by atomic mass is 10.1. The topological polar surface area (TPSA) is 36.1 Å². The molecular formula is C10H12Br2N2O. The molecule has 0 saturated carbocycles. The van der Waals surface area contributed by atoms with Crippen LogP contribution in [-0.2, 0) is 0 Å². The first kappa shape index (κ1) is 11.2. The molecule has 0 bridgehead atoms. The van der Waals surface area contributed by atoms with Crippen molar-refractivity contribution in [2.75, 3.05) is 13.1 Å². The van der Waals surface area contributed by atoms with Crippen molar-refractivity contribution in [2.45, 2.75) is 19.3 Å². The van der Waals surface area contributed by atoms with Crippen LogP contribution in [0.1, 0.15) is 29.8 Å². The summed E-state index contributed by atoms with van der Waals surface area (Å²) in [7, 11) is 0. The molecule has 2 heterocycles. The second kappa shape index (κ2) is 4.70. The van der Waals surface area contributed by atoms with E-state index in [4.69, 9.17) is 0 Å². The smallest absolute Gasteiger partial charge is 0.270 e. The molecular weight excluding hydrogens is 324 g/mol. The van der Waals surface area contributed by atoms with Gasteiger partial charge < -0.3 is 9.88 Å². The summed E-state index contributed by atoms with van der Waals surface area (Å²) in [6.45, 7) is 1.76. The maximum Gasteiger partial charge on any atom is 0.270 e. The summed E-state index contributed by atoms with van der Waals surface area (Å²) >= 11 is 6.69. The molecule has 0 unspecified atom stereocenters. The van der Waals surface area contributed by atoms with Crippen LogP contribution in [0.15, 0.2) is 15.1 Å². The van der Waals surface area contributed by atoms with Crippen LogP contribution in [0.3, 0.4) is 0 Å². The molecule has 0 aliphatic carbocycles. The normalized spacial score (nSPS) is 16.8. The molecule has 1 aliphatic heterocycles. The minimum Gasteiger partial charge on any atom is -0.344 e. The molecule has 1 N–H and O–H groups in total. The highest BCUT2D eigenvalue weighted by Crippen LogP contribution is 2.24. The first-order chi connectivity index (χ1) is 7.18. The third-order valence-corrected chi connectivity index (χ3v) is 4.38. The Morgan fingerprint density at radius 2 is 1.93 bits per heavy atom. The van der Waals surface area contributed by atoms with Crippen LogP contribution >= 0.6 is 31.9 Å². The SMILES string of the molecule is O=C(c1cc(Br)c(Br)[nH]1)N1CCCCC1. The van der Waals surface area contributed by atoms with Crippen molar-refractivity contribution < 1.29 is 4.79 Å². The van der Waals surface area contributed by atoms with Gasteiger partial charge in [0.05, 0.1) is 9.08 Å². The standard InChI is InChI=1S/C10H12Br2N2O/c11-7-6-8(13-9(7)12)10(15)14-4-2-1-3-5-14/h6,13H,1-5H2. The summed E-state index contributed by atoms with van der Waals surface area (Å²) in [5.41, 5.74) is 0.649. The Morgan fingerprint density at radius 1 is 1.27 bits per heavy atom. The molecule has 1 aromatic heterocycles. The van der Waals surface area contributed by atoms with Crippen LogP contribution in [0.5, 0.6) is 0 Å². The average molecular weight is 336 g/mol. The van der Waals surface area contributed by atoms with Gasteiger partial charge in [-0.3, -0.25) is 4.79 Å². The molecule has 0 aromatic carbocycles. The summed E-state index contributed by atoms with van der Waals surface area (Å²) in [6, 6.07) is 1.82. The molecule has 3 nitrogen and oxygen atoms in total. The number of hydrogen-bond donors (Lipinski definition) is 1. The van der Waals surface area contributed by atoms with Crippen LogP contribution in [0, 0.1) is 0 Å². The number of halogens is 2. The summed E-state index contributed by atoms with van der Waals surface area (Å²) in [5, 5.41) is 0. The summed E-state index contributed by atoms with van der Waals surface area (Å²) in [4.78, 5) is 16.9. The zero-order valence-corrected chi connectivity index (χ0v) is 11.4. The molecule has 0 atom stereocenters. The van der Waals surface area contributed by atoms with Gasteiger partial charge in [0.1, 0.15) is 5.69 Å². The monoisotopic (exact) mass is 334 g/mol. The van der Waals surface area contributed by atoms with E-state index in [0.717, 1.165) is 35.0 Å². The number of aromatic nitrogens is 1. The van der Waals surface area contributed by atoms with Crippen LogP contribution < -0.4 is 0 Å². The Labute approximate surface area is 105 Å². The van der Waals surface area contributed by atoms with Gasteiger partial charge in [-0.25, -0.2) is 0 Å². The number of amides is 1. The van der Waals surface area contributed by atoms with E-state index in [1.807, 2.05) is 11.0 Å². The van der Waals surface area contributed by atoms with Gasteiger partial charge in [-0.05, 0) is 57.2 Å². The van der Waals surface area contributed by atoms with Crippen LogP contribution in [-0.4, -0.2) is 28.9 Å². The Bertz CT molecular complexity index is 350. The first-order valence-electron chi connectivity index (χ1n) is 5.02. The fraction of sp³-hybridized carbons (Fsp3) is 0.500. The Hall–Kier alpha value is -0.290. The molecule has 5 heteroatoms. The number of likely N-dealkylation sites (tertiary alicyclic amines) is 1. The van der Waals surface area contributed by atoms with Gasteiger partial charge in [-0.1, -0.05) is 0 Å². The quantitative estimate of drug-likeness (QED) is 0.840. The lowest BCUT2D eigenvalue weighted by Crippen LogP contribution is -2.35. The number of carbonyl (C=O) groups excluding carboxylic acids is 1. The predicted molar refractivity (Wildman–Crippen MR) is 65.9 cm³/mol. The first-order valence-corrected chi connectivity index (χ1v) is 6.60. The minimum absolute atomic E-state index is 0.0982. The molecule has 2 rings (SSSR count). The van der Waals surface area contributed by atoms with Crippen LogP contribution in [0.2, 0.25) is 0 Å². The summed E-state index contributed by atoms with van der Waals surface area (Å²) in [5.74, 6) is 0.0982. The van der Waals surface area contributed by atoms with Gasteiger partial charge in [0, 0.05) is 13.1 Å². The van der Waals surface area contributed by atoms with Crippen LogP contribution in [0.4, 0.5) is 0 Å². The number of hydrogen-bond acceptors (Lipinski definition) is 1. The predicted octanol–water partition coefficient (Wildman–Crippen LogP) is 3.17. The fourth-order valence-electron chi connectivity index (χ4n) is 1.79. The highest BCUT2D eigenvalue weighted by molar-refractivity contribution is 9.13. The van der Waals surface area contributed by atoms with Crippen molar-refractivity contribution in [1.29, 1.82) is 0 Å². The number of rotatable bonds is 1. The van der Waals surface area contributed by atoms with E-state index in [0.29, 0.717) is 5.69 Å². The largest absolute Gasteiger partial charge is 0.344 e. The maximum absolute atomic E-state index is 12.0. The van der Waals surface area contributed by atoms with Gasteiger partial charge >= 0.3 is 0 Å². The molecule has 1 amide bonds. The van der Waals surface area contributed by atoms with Crippen molar-refractivity contribution >= 4 is 37.8 Å². The number of carbonyl (C=O) groups is 1. The lowest BCUT2D eigenvalue weighted by molar-refractivity contribution is 0.0719. The second-order valence-electron chi connectivity index (χ2n) is 3.70. The van der Waals surface area contributed by atoms with Crippen LogP contribution in [0.25, 0.3) is 0 Å². The van der Waals surface area contributed by atoms with Gasteiger partial charge in [0.2, 0.25) is 0 Å². The van der Waals surface area contributed by atoms with Gasteiger partial charge in [-0.15, -0.1) is 0 Å². The summed E-state index contributed by atoms with van der Waals surface area (Å²) < 4.78 is 1.71. The number of nitrogens with zero attached hydrogens (tertiary/aromatic N) is 1. The third-order valence-electron chi connectivity index (χ3n) is 2.60. The second-order valence-corrected chi connectivity index (χ2v) is 5.35. The maximum atomic E-state index is 12.0. The van der Waals surface area contributed by atoms with Gasteiger partial charge in [0.25, 0.3) is 5.91 Å². The Balaban J connectivity index is 2.12. The minimum atomic E-state index is 0.0982. The van der Waals surface area contributed by atoms with E-state index in [1.165, 1.54) is 6.42 Å². The third kappa shape index (κ3) is 2.45. The molecule has 1 fully saturated rings. The van der Waals surface area contributed by atoms with E-state index < -0.39 is 0 Å². The molecule has 1 aliphatic rings. The zero-order valence-electron chi connectivity index (χ0n) is 8.22. The number of aromatic amines is 1. The molecule has 0 spiro atoms. The number of H-pyrrole nitrogens is 1. The van der Waals surface area contributed by atoms with E-state index in [1.54, 1.807) is 0 Å². The van der Waals surface area contributed by atoms with Crippen molar-refractivity contribution in [3.8, 4) is 0 Å². The number of piperidine rings is 1. The molecule has 15 heavy (non-hydrogen) atoms. The van der Waals surface area contributed by atoms with Gasteiger partial charge in [0.15, 0.2) is 0 Å². The van der Waals surface area contributed by atoms with Gasteiger partial charge in [-0.2, -0.15) is 0 Å². The Kier molecular flexibility index (Phi) is 3.51. The highest BCUT2D eigenvalue weighted by Gasteiger charge is 2.20. The van der Waals surface area contributed by atoms with Crippen molar-refractivity contribution in [3.63, 3.8) is 0 Å². The molecule has 1 saturated heterocycles.